The van der Waals surface area contributed by atoms with Crippen molar-refractivity contribution >= 4 is 11.7 Å². The number of unbranched alkanes of at least 4 members (excludes halogenated alkanes) is 1. The van der Waals surface area contributed by atoms with E-state index < -0.39 is 0 Å². The normalized spacial score (nSPS) is 31.3. The molecule has 3 aliphatic carbocycles. The fraction of sp³-hybridized carbons (Fsp3) is 0.622. The zero-order valence-electron chi connectivity index (χ0n) is 26.5. The van der Waals surface area contributed by atoms with E-state index in [0.29, 0.717) is 56.0 Å². The predicted molar refractivity (Wildman–Crippen MR) is 169 cm³/mol. The maximum atomic E-state index is 14.1. The lowest BCUT2D eigenvalue weighted by Gasteiger charge is -2.60. The Kier molecular flexibility index (Phi) is 7.98. The first kappa shape index (κ1) is 29.8. The summed E-state index contributed by atoms with van der Waals surface area (Å²) in [7, 11) is 1.72. The van der Waals surface area contributed by atoms with Gasteiger partial charge in [0.1, 0.15) is 6.10 Å². The Labute approximate surface area is 261 Å². The van der Waals surface area contributed by atoms with Crippen LogP contribution < -0.4 is 9.47 Å². The number of ketones is 1. The smallest absolute Gasteiger partial charge is 0.222 e. The molecule has 2 aromatic carbocycles. The zero-order valence-corrected chi connectivity index (χ0v) is 26.5. The second-order valence-electron chi connectivity index (χ2n) is 14.5. The molecule has 1 spiro atoms. The van der Waals surface area contributed by atoms with Crippen LogP contribution in [0.25, 0.3) is 0 Å². The van der Waals surface area contributed by atoms with Crippen molar-refractivity contribution in [1.29, 1.82) is 0 Å². The van der Waals surface area contributed by atoms with Crippen LogP contribution in [-0.4, -0.2) is 77.6 Å². The van der Waals surface area contributed by atoms with Gasteiger partial charge in [0.25, 0.3) is 0 Å². The highest BCUT2D eigenvalue weighted by Crippen LogP contribution is 2.64. The van der Waals surface area contributed by atoms with Crippen molar-refractivity contribution in [3.8, 4) is 11.5 Å². The average Bonchev–Trinajstić information content (AvgIpc) is 3.61. The van der Waals surface area contributed by atoms with Gasteiger partial charge in [0.15, 0.2) is 17.3 Å². The van der Waals surface area contributed by atoms with Gasteiger partial charge in [-0.3, -0.25) is 14.5 Å². The molecule has 44 heavy (non-hydrogen) atoms. The van der Waals surface area contributed by atoms with Crippen molar-refractivity contribution in [1.82, 2.24) is 9.80 Å². The number of methoxy groups -OCH3 is 1. The molecule has 5 aliphatic rings. The van der Waals surface area contributed by atoms with Crippen LogP contribution in [0.1, 0.15) is 86.7 Å². The summed E-state index contributed by atoms with van der Waals surface area (Å²) in [5.41, 5.74) is 3.35. The van der Waals surface area contributed by atoms with Gasteiger partial charge in [-0.1, -0.05) is 50.2 Å². The third-order valence-corrected chi connectivity index (χ3v) is 11.4. The molecule has 7 heteroatoms. The van der Waals surface area contributed by atoms with Gasteiger partial charge in [0, 0.05) is 54.4 Å². The first-order valence-electron chi connectivity index (χ1n) is 17.0. The number of carbonyl (C=O) groups excluding carboxylic acids is 2. The minimum Gasteiger partial charge on any atom is -0.493 e. The van der Waals surface area contributed by atoms with E-state index in [0.717, 1.165) is 62.3 Å². The van der Waals surface area contributed by atoms with Crippen LogP contribution in [0.5, 0.6) is 11.5 Å². The number of nitrogens with zero attached hydrogens (tertiary/aromatic N) is 2. The molecule has 2 heterocycles. The standard InChI is InChI=1S/C37H48N2O5/c1-23(2)21-39(33(42)12-8-7-11-30(40)24-9-5-4-6-10-24)28-15-14-27-29-19-25-13-16-32(43-3)35-34(25)37(27,36(28)44-35)17-18-38(29)22-26-20-31(26)41/h4-6,9-10,13,16,23,26-29,31,36,41H,7-8,11-12,14-15,17-22H2,1-3H3/t26?,27-,28+,29+,31?,36-,37-/m0/s1. The van der Waals surface area contributed by atoms with E-state index in [2.05, 4.69) is 35.8 Å². The molecule has 0 radical (unpaired) electrons. The van der Waals surface area contributed by atoms with Crippen molar-refractivity contribution in [2.24, 2.45) is 17.8 Å². The molecular formula is C37H48N2O5. The Hall–Kier alpha value is -2.90. The third-order valence-electron chi connectivity index (χ3n) is 11.4. The lowest BCUT2D eigenvalue weighted by Crippen LogP contribution is -2.69. The van der Waals surface area contributed by atoms with Crippen molar-refractivity contribution in [3.05, 3.63) is 59.2 Å². The van der Waals surface area contributed by atoms with Crippen LogP contribution in [0.4, 0.5) is 0 Å². The number of benzene rings is 2. The summed E-state index contributed by atoms with van der Waals surface area (Å²) in [6, 6.07) is 14.2. The maximum Gasteiger partial charge on any atom is 0.222 e. The van der Waals surface area contributed by atoms with Crippen LogP contribution >= 0.6 is 0 Å². The fourth-order valence-electron chi connectivity index (χ4n) is 9.31. The number of Topliss-reactive ketones (excluding diaryl/α,β-unsaturated/α-hetero) is 1. The van der Waals surface area contributed by atoms with Gasteiger partial charge in [-0.05, 0) is 75.0 Å². The van der Waals surface area contributed by atoms with Gasteiger partial charge >= 0.3 is 0 Å². The number of hydrogen-bond acceptors (Lipinski definition) is 6. The van der Waals surface area contributed by atoms with E-state index in [1.54, 1.807) is 7.11 Å². The summed E-state index contributed by atoms with van der Waals surface area (Å²) in [6.07, 6.45) is 7.07. The summed E-state index contributed by atoms with van der Waals surface area (Å²) in [5, 5.41) is 10.1. The molecule has 7 atom stereocenters. The second-order valence-corrected chi connectivity index (χ2v) is 14.5. The molecule has 1 saturated heterocycles. The third kappa shape index (κ3) is 5.04. The van der Waals surface area contributed by atoms with Crippen molar-refractivity contribution in [2.45, 2.75) is 101 Å². The van der Waals surface area contributed by atoms with Crippen LogP contribution in [-0.2, 0) is 16.6 Å². The van der Waals surface area contributed by atoms with Gasteiger partial charge in [0.2, 0.25) is 5.91 Å². The van der Waals surface area contributed by atoms with Crippen LogP contribution in [0.15, 0.2) is 42.5 Å². The molecule has 2 aromatic rings. The lowest BCUT2D eigenvalue weighted by atomic mass is 9.51. The number of carbonyl (C=O) groups is 2. The van der Waals surface area contributed by atoms with Crippen LogP contribution in [0.2, 0.25) is 0 Å². The van der Waals surface area contributed by atoms with Gasteiger partial charge < -0.3 is 19.5 Å². The van der Waals surface area contributed by atoms with Gasteiger partial charge in [-0.2, -0.15) is 0 Å². The first-order valence-corrected chi connectivity index (χ1v) is 17.0. The fourth-order valence-corrected chi connectivity index (χ4v) is 9.31. The number of aliphatic hydroxyl groups excluding tert-OH is 1. The number of likely N-dealkylation sites (tertiary alicyclic amines) is 1. The van der Waals surface area contributed by atoms with E-state index in [1.807, 2.05) is 30.3 Å². The molecule has 7 nitrogen and oxygen atoms in total. The second kappa shape index (κ2) is 11.8. The summed E-state index contributed by atoms with van der Waals surface area (Å²) in [6.45, 7) is 7.07. The number of hydrogen-bond donors (Lipinski definition) is 1. The molecule has 7 rings (SSSR count). The Balaban J connectivity index is 1.13. The molecule has 3 fully saturated rings. The van der Waals surface area contributed by atoms with Gasteiger partial charge in [0.05, 0.1) is 19.3 Å². The number of aliphatic hydroxyl groups is 1. The molecule has 2 aliphatic heterocycles. The predicted octanol–water partition coefficient (Wildman–Crippen LogP) is 5.41. The minimum absolute atomic E-state index is 0.00705. The molecular weight excluding hydrogens is 552 g/mol. The summed E-state index contributed by atoms with van der Waals surface area (Å²) >= 11 is 0. The number of piperidine rings is 1. The van der Waals surface area contributed by atoms with E-state index in [-0.39, 0.29) is 35.4 Å². The maximum absolute atomic E-state index is 14.1. The Morgan fingerprint density at radius 3 is 2.61 bits per heavy atom. The zero-order chi connectivity index (χ0) is 30.6. The molecule has 1 amide bonds. The number of rotatable bonds is 12. The molecule has 2 unspecified atom stereocenters. The molecule has 2 bridgehead atoms. The number of ether oxygens (including phenoxy) is 2. The van der Waals surface area contributed by atoms with Gasteiger partial charge in [-0.15, -0.1) is 0 Å². The SMILES string of the molecule is COc1ccc2c3c1O[C@H]1[C@H](N(CC(C)C)C(=O)CCCCC(=O)c4ccccc4)CC[C@H]4[C@@H](C2)N(CC2CC2O)CC[C@@]341. The van der Waals surface area contributed by atoms with Crippen molar-refractivity contribution in [3.63, 3.8) is 0 Å². The minimum atomic E-state index is -0.136. The Morgan fingerprint density at radius 2 is 1.89 bits per heavy atom. The van der Waals surface area contributed by atoms with Gasteiger partial charge in [-0.25, -0.2) is 0 Å². The highest BCUT2D eigenvalue weighted by Gasteiger charge is 2.67. The van der Waals surface area contributed by atoms with Crippen LogP contribution in [0, 0.1) is 17.8 Å². The van der Waals surface area contributed by atoms with E-state index in [1.165, 1.54) is 11.1 Å². The molecule has 1 N–H and O–H groups in total. The summed E-state index contributed by atoms with van der Waals surface area (Å²) in [4.78, 5) is 31.5. The molecule has 0 aromatic heterocycles. The van der Waals surface area contributed by atoms with Crippen molar-refractivity contribution < 1.29 is 24.2 Å². The summed E-state index contributed by atoms with van der Waals surface area (Å²) in [5.74, 6) is 3.26. The highest BCUT2D eigenvalue weighted by atomic mass is 16.5. The van der Waals surface area contributed by atoms with Crippen molar-refractivity contribution in [2.75, 3.05) is 26.7 Å². The van der Waals surface area contributed by atoms with Crippen LogP contribution in [0.3, 0.4) is 0 Å². The topological polar surface area (TPSA) is 79.3 Å². The Morgan fingerprint density at radius 1 is 1.11 bits per heavy atom. The summed E-state index contributed by atoms with van der Waals surface area (Å²) < 4.78 is 12.9. The highest BCUT2D eigenvalue weighted by molar-refractivity contribution is 5.95. The lowest BCUT2D eigenvalue weighted by molar-refractivity contribution is -0.143. The number of amides is 1. The van der Waals surface area contributed by atoms with E-state index in [9.17, 15) is 14.7 Å². The van der Waals surface area contributed by atoms with E-state index >= 15 is 0 Å². The van der Waals surface area contributed by atoms with E-state index in [4.69, 9.17) is 9.47 Å². The largest absolute Gasteiger partial charge is 0.493 e. The monoisotopic (exact) mass is 600 g/mol. The quantitative estimate of drug-likeness (QED) is 0.259. The average molecular weight is 601 g/mol. The molecule has 2 saturated carbocycles. The Bertz CT molecular complexity index is 1390. The molecule has 236 valence electrons. The first-order chi connectivity index (χ1) is 21.3.